The molecule has 2 aromatic heterocycles. The van der Waals surface area contributed by atoms with Gasteiger partial charge in [-0.05, 0) is 30.7 Å². The molecule has 0 aromatic carbocycles. The maximum atomic E-state index is 5.70. The summed E-state index contributed by atoms with van der Waals surface area (Å²) in [5.41, 5.74) is 8.28. The zero-order chi connectivity index (χ0) is 11.5. The van der Waals surface area contributed by atoms with Gasteiger partial charge in [-0.25, -0.2) is 4.98 Å². The molecule has 4 nitrogen and oxygen atoms in total. The molecule has 0 atom stereocenters. The van der Waals surface area contributed by atoms with Gasteiger partial charge in [0.1, 0.15) is 11.6 Å². The first-order valence-electron chi connectivity index (χ1n) is 4.93. The van der Waals surface area contributed by atoms with Crippen LogP contribution in [0, 0.1) is 6.92 Å². The van der Waals surface area contributed by atoms with Crippen molar-refractivity contribution < 1.29 is 4.74 Å². The van der Waals surface area contributed by atoms with Crippen LogP contribution in [0.4, 0.5) is 5.82 Å². The molecule has 16 heavy (non-hydrogen) atoms. The average Bonchev–Trinajstić information content (AvgIpc) is 2.28. The Morgan fingerprint density at radius 1 is 1.19 bits per heavy atom. The van der Waals surface area contributed by atoms with E-state index in [1.54, 1.807) is 19.4 Å². The Morgan fingerprint density at radius 2 is 2.00 bits per heavy atom. The minimum Gasteiger partial charge on any atom is -0.497 e. The summed E-state index contributed by atoms with van der Waals surface area (Å²) < 4.78 is 5.14. The van der Waals surface area contributed by atoms with Crippen molar-refractivity contribution in [1.29, 1.82) is 0 Å². The summed E-state index contributed by atoms with van der Waals surface area (Å²) in [7, 11) is 1.62. The van der Waals surface area contributed by atoms with Gasteiger partial charge in [0.15, 0.2) is 0 Å². The summed E-state index contributed by atoms with van der Waals surface area (Å²) in [4.78, 5) is 8.48. The van der Waals surface area contributed by atoms with Crippen molar-refractivity contribution in [1.82, 2.24) is 9.97 Å². The van der Waals surface area contributed by atoms with E-state index >= 15 is 0 Å². The van der Waals surface area contributed by atoms with Crippen molar-refractivity contribution in [2.75, 3.05) is 12.8 Å². The van der Waals surface area contributed by atoms with Gasteiger partial charge < -0.3 is 10.5 Å². The predicted molar refractivity (Wildman–Crippen MR) is 63.2 cm³/mol. The van der Waals surface area contributed by atoms with E-state index < -0.39 is 0 Å². The fourth-order valence-corrected chi connectivity index (χ4v) is 1.50. The Balaban J connectivity index is 2.49. The van der Waals surface area contributed by atoms with Crippen LogP contribution < -0.4 is 10.5 Å². The van der Waals surface area contributed by atoms with Crippen molar-refractivity contribution >= 4 is 5.82 Å². The molecule has 2 N–H and O–H groups in total. The molecule has 2 heterocycles. The lowest BCUT2D eigenvalue weighted by molar-refractivity contribution is 0.414. The van der Waals surface area contributed by atoms with Crippen LogP contribution in [0.3, 0.4) is 0 Å². The highest BCUT2D eigenvalue weighted by molar-refractivity contribution is 5.59. The number of hydrogen-bond donors (Lipinski definition) is 1. The molecule has 0 aliphatic heterocycles. The first-order valence-corrected chi connectivity index (χ1v) is 4.93. The Labute approximate surface area is 94.1 Å². The quantitative estimate of drug-likeness (QED) is 0.832. The number of ether oxygens (including phenoxy) is 1. The van der Waals surface area contributed by atoms with Gasteiger partial charge in [0.2, 0.25) is 0 Å². The molecular formula is C12H13N3O. The third-order valence-electron chi connectivity index (χ3n) is 2.22. The number of nitrogen functional groups attached to an aromatic ring is 1. The second-order valence-corrected chi connectivity index (χ2v) is 3.54. The van der Waals surface area contributed by atoms with E-state index in [1.165, 1.54) is 0 Å². The molecule has 0 bridgehead atoms. The van der Waals surface area contributed by atoms with Gasteiger partial charge in [0, 0.05) is 12.3 Å². The summed E-state index contributed by atoms with van der Waals surface area (Å²) >= 11 is 0. The average molecular weight is 215 g/mol. The summed E-state index contributed by atoms with van der Waals surface area (Å²) in [5, 5.41) is 0. The van der Waals surface area contributed by atoms with Crippen LogP contribution in [0.5, 0.6) is 5.75 Å². The number of hydrogen-bond acceptors (Lipinski definition) is 4. The number of pyridine rings is 2. The van der Waals surface area contributed by atoms with Gasteiger partial charge in [-0.3, -0.25) is 4.98 Å². The van der Waals surface area contributed by atoms with Crippen LogP contribution in [0.2, 0.25) is 0 Å². The SMILES string of the molecule is COc1ccnc(-c2cc(C)cc(N)n2)c1. The fourth-order valence-electron chi connectivity index (χ4n) is 1.50. The van der Waals surface area contributed by atoms with Crippen LogP contribution in [0.25, 0.3) is 11.4 Å². The topological polar surface area (TPSA) is 61.0 Å². The van der Waals surface area contributed by atoms with Gasteiger partial charge in [-0.1, -0.05) is 0 Å². The van der Waals surface area contributed by atoms with Gasteiger partial charge in [-0.15, -0.1) is 0 Å². The Bertz CT molecular complexity index is 491. The summed E-state index contributed by atoms with van der Waals surface area (Å²) in [6, 6.07) is 7.39. The molecule has 0 radical (unpaired) electrons. The summed E-state index contributed by atoms with van der Waals surface area (Å²) in [5.74, 6) is 1.26. The second-order valence-electron chi connectivity index (χ2n) is 3.54. The molecule has 0 amide bonds. The molecule has 0 saturated carbocycles. The number of rotatable bonds is 2. The molecule has 0 saturated heterocycles. The number of methoxy groups -OCH3 is 1. The molecule has 0 fully saturated rings. The molecule has 2 aromatic rings. The standard InChI is InChI=1S/C12H13N3O/c1-8-5-11(15-12(13)6-8)10-7-9(16-2)3-4-14-10/h3-7H,1-2H3,(H2,13,15). The van der Waals surface area contributed by atoms with Crippen molar-refractivity contribution in [3.8, 4) is 17.1 Å². The minimum absolute atomic E-state index is 0.500. The lowest BCUT2D eigenvalue weighted by Gasteiger charge is -2.05. The molecule has 4 heteroatoms. The minimum atomic E-state index is 0.500. The Hall–Kier alpha value is -2.10. The van der Waals surface area contributed by atoms with Crippen molar-refractivity contribution in [3.63, 3.8) is 0 Å². The van der Waals surface area contributed by atoms with E-state index in [0.717, 1.165) is 22.7 Å². The molecular weight excluding hydrogens is 202 g/mol. The van der Waals surface area contributed by atoms with Crippen LogP contribution in [0.1, 0.15) is 5.56 Å². The van der Waals surface area contributed by atoms with Crippen molar-refractivity contribution in [3.05, 3.63) is 36.0 Å². The van der Waals surface area contributed by atoms with Crippen LogP contribution in [-0.4, -0.2) is 17.1 Å². The van der Waals surface area contributed by atoms with Crippen LogP contribution in [-0.2, 0) is 0 Å². The Morgan fingerprint density at radius 3 is 2.69 bits per heavy atom. The number of aryl methyl sites for hydroxylation is 1. The number of nitrogens with zero attached hydrogens (tertiary/aromatic N) is 2. The third kappa shape index (κ3) is 2.11. The van der Waals surface area contributed by atoms with E-state index in [0.29, 0.717) is 5.82 Å². The normalized spacial score (nSPS) is 10.1. The lowest BCUT2D eigenvalue weighted by atomic mass is 10.2. The maximum absolute atomic E-state index is 5.70. The highest BCUT2D eigenvalue weighted by Gasteiger charge is 2.04. The first-order chi connectivity index (χ1) is 7.69. The molecule has 0 aliphatic rings. The second kappa shape index (κ2) is 4.18. The third-order valence-corrected chi connectivity index (χ3v) is 2.22. The Kier molecular flexibility index (Phi) is 2.72. The smallest absolute Gasteiger partial charge is 0.124 e. The van der Waals surface area contributed by atoms with Gasteiger partial charge in [0.25, 0.3) is 0 Å². The first kappa shape index (κ1) is 10.4. The van der Waals surface area contributed by atoms with Crippen molar-refractivity contribution in [2.45, 2.75) is 6.92 Å². The van der Waals surface area contributed by atoms with Gasteiger partial charge in [0.05, 0.1) is 18.5 Å². The molecule has 0 aliphatic carbocycles. The zero-order valence-electron chi connectivity index (χ0n) is 9.27. The monoisotopic (exact) mass is 215 g/mol. The largest absolute Gasteiger partial charge is 0.497 e. The van der Waals surface area contributed by atoms with Crippen molar-refractivity contribution in [2.24, 2.45) is 0 Å². The molecule has 0 spiro atoms. The van der Waals surface area contributed by atoms with Crippen LogP contribution in [0.15, 0.2) is 30.5 Å². The lowest BCUT2D eigenvalue weighted by Crippen LogP contribution is -1.95. The predicted octanol–water partition coefficient (Wildman–Crippen LogP) is 2.04. The number of nitrogens with two attached hydrogens (primary N) is 1. The number of anilines is 1. The number of aromatic nitrogens is 2. The van der Waals surface area contributed by atoms with Crippen LogP contribution >= 0.6 is 0 Å². The zero-order valence-corrected chi connectivity index (χ0v) is 9.27. The summed E-state index contributed by atoms with van der Waals surface area (Å²) in [6.45, 7) is 1.97. The maximum Gasteiger partial charge on any atom is 0.124 e. The van der Waals surface area contributed by atoms with E-state index in [9.17, 15) is 0 Å². The fraction of sp³-hybridized carbons (Fsp3) is 0.167. The van der Waals surface area contributed by atoms with Gasteiger partial charge in [-0.2, -0.15) is 0 Å². The highest BCUT2D eigenvalue weighted by atomic mass is 16.5. The molecule has 2 rings (SSSR count). The van der Waals surface area contributed by atoms with E-state index in [2.05, 4.69) is 9.97 Å². The van der Waals surface area contributed by atoms with E-state index in [1.807, 2.05) is 25.1 Å². The molecule has 0 unspecified atom stereocenters. The van der Waals surface area contributed by atoms with E-state index in [4.69, 9.17) is 10.5 Å². The van der Waals surface area contributed by atoms with E-state index in [-0.39, 0.29) is 0 Å². The van der Waals surface area contributed by atoms with Gasteiger partial charge >= 0.3 is 0 Å². The summed E-state index contributed by atoms with van der Waals surface area (Å²) in [6.07, 6.45) is 1.69. The molecule has 82 valence electrons. The highest BCUT2D eigenvalue weighted by Crippen LogP contribution is 2.21.